The highest BCUT2D eigenvalue weighted by atomic mass is 32.2. The molecule has 2 amide bonds. The SMILES string of the molecule is Cc1ccc(N2C(=O)CS[C@@]23C(=O)N(Cc2ccccc2F)c2ccccc23)cc1C. The van der Waals surface area contributed by atoms with Crippen LogP contribution in [0.25, 0.3) is 0 Å². The van der Waals surface area contributed by atoms with Gasteiger partial charge in [-0.15, -0.1) is 11.8 Å². The fourth-order valence-corrected chi connectivity index (χ4v) is 5.73. The molecule has 0 unspecified atom stereocenters. The van der Waals surface area contributed by atoms with Crippen molar-refractivity contribution >= 4 is 35.0 Å². The maximum absolute atomic E-state index is 14.4. The zero-order valence-corrected chi connectivity index (χ0v) is 18.1. The van der Waals surface area contributed by atoms with Crippen LogP contribution in [0.3, 0.4) is 0 Å². The normalized spacial score (nSPS) is 20.1. The van der Waals surface area contributed by atoms with E-state index in [4.69, 9.17) is 0 Å². The summed E-state index contributed by atoms with van der Waals surface area (Å²) in [5.74, 6) is -0.467. The van der Waals surface area contributed by atoms with Crippen LogP contribution in [0.1, 0.15) is 22.3 Å². The Bertz CT molecular complexity index is 1230. The number of carbonyl (C=O) groups excluding carboxylic acids is 2. The number of thioether (sulfide) groups is 1. The molecule has 3 aromatic carbocycles. The number of para-hydroxylation sites is 1. The van der Waals surface area contributed by atoms with Crippen LogP contribution in [0.5, 0.6) is 0 Å². The quantitative estimate of drug-likeness (QED) is 0.590. The summed E-state index contributed by atoms with van der Waals surface area (Å²) in [7, 11) is 0. The third-order valence-corrected chi connectivity index (χ3v) is 7.48. The molecule has 0 saturated carbocycles. The molecule has 3 aromatic rings. The zero-order chi connectivity index (χ0) is 21.8. The van der Waals surface area contributed by atoms with Crippen LogP contribution in [-0.2, 0) is 21.0 Å². The molecular formula is C25H21FN2O2S. The first-order valence-electron chi connectivity index (χ1n) is 10.1. The lowest BCUT2D eigenvalue weighted by Gasteiger charge is -2.33. The Balaban J connectivity index is 1.66. The van der Waals surface area contributed by atoms with Gasteiger partial charge in [0.2, 0.25) is 10.8 Å². The Hall–Kier alpha value is -3.12. The molecule has 1 atom stereocenters. The molecule has 2 aliphatic heterocycles. The second-order valence-electron chi connectivity index (χ2n) is 7.93. The average Bonchev–Trinajstić information content (AvgIpc) is 3.23. The monoisotopic (exact) mass is 432 g/mol. The van der Waals surface area contributed by atoms with Crippen LogP contribution in [-0.4, -0.2) is 17.6 Å². The van der Waals surface area contributed by atoms with Gasteiger partial charge in [0.15, 0.2) is 0 Å². The van der Waals surface area contributed by atoms with Crippen molar-refractivity contribution in [2.75, 3.05) is 15.6 Å². The Labute approximate surface area is 184 Å². The number of hydrogen-bond acceptors (Lipinski definition) is 3. The van der Waals surface area contributed by atoms with E-state index in [0.717, 1.165) is 16.7 Å². The molecular weight excluding hydrogens is 411 g/mol. The molecule has 0 bridgehead atoms. The standard InChI is InChI=1S/C25H21FN2O2S/c1-16-11-12-19(13-17(16)2)28-23(29)15-31-25(28)20-8-4-6-10-22(20)27(24(25)30)14-18-7-3-5-9-21(18)26/h3-13H,14-15H2,1-2H3/t25-/m0/s1. The topological polar surface area (TPSA) is 40.6 Å². The van der Waals surface area contributed by atoms with E-state index in [9.17, 15) is 14.0 Å². The Kier molecular flexibility index (Phi) is 4.63. The number of rotatable bonds is 3. The molecule has 0 N–H and O–H groups in total. The average molecular weight is 433 g/mol. The van der Waals surface area contributed by atoms with E-state index in [1.165, 1.54) is 17.8 Å². The highest BCUT2D eigenvalue weighted by Crippen LogP contribution is 2.56. The maximum Gasteiger partial charge on any atom is 0.269 e. The van der Waals surface area contributed by atoms with Gasteiger partial charge in [0, 0.05) is 16.8 Å². The molecule has 0 aliphatic carbocycles. The molecule has 6 heteroatoms. The number of nitrogens with zero attached hydrogens (tertiary/aromatic N) is 2. The summed E-state index contributed by atoms with van der Waals surface area (Å²) in [5, 5.41) is 0. The summed E-state index contributed by atoms with van der Waals surface area (Å²) in [6.45, 7) is 4.12. The number of fused-ring (bicyclic) bond motifs is 2. The first kappa shape index (κ1) is 19.8. The molecule has 0 aromatic heterocycles. The summed E-state index contributed by atoms with van der Waals surface area (Å²) in [6, 6.07) is 19.8. The van der Waals surface area contributed by atoms with E-state index in [0.29, 0.717) is 16.9 Å². The smallest absolute Gasteiger partial charge is 0.269 e. The van der Waals surface area contributed by atoms with Crippen LogP contribution in [0.4, 0.5) is 15.8 Å². The van der Waals surface area contributed by atoms with Gasteiger partial charge in [-0.05, 0) is 49.2 Å². The lowest BCUT2D eigenvalue weighted by molar-refractivity contribution is -0.123. The van der Waals surface area contributed by atoms with Crippen LogP contribution < -0.4 is 9.80 Å². The molecule has 156 valence electrons. The van der Waals surface area contributed by atoms with Gasteiger partial charge in [0.1, 0.15) is 5.82 Å². The number of halogens is 1. The molecule has 1 saturated heterocycles. The van der Waals surface area contributed by atoms with E-state index in [-0.39, 0.29) is 29.9 Å². The van der Waals surface area contributed by atoms with Crippen molar-refractivity contribution in [1.29, 1.82) is 0 Å². The van der Waals surface area contributed by atoms with E-state index >= 15 is 0 Å². The maximum atomic E-state index is 14.4. The summed E-state index contributed by atoms with van der Waals surface area (Å²) in [4.78, 5) is 29.1. The van der Waals surface area contributed by atoms with Crippen molar-refractivity contribution in [1.82, 2.24) is 0 Å². The second kappa shape index (κ2) is 7.24. The van der Waals surface area contributed by atoms with E-state index < -0.39 is 4.87 Å². The minimum Gasteiger partial charge on any atom is -0.304 e. The van der Waals surface area contributed by atoms with Crippen LogP contribution in [0.15, 0.2) is 66.7 Å². The number of aryl methyl sites for hydroxylation is 2. The van der Waals surface area contributed by atoms with Gasteiger partial charge in [0.25, 0.3) is 5.91 Å². The lowest BCUT2D eigenvalue weighted by atomic mass is 10.0. The van der Waals surface area contributed by atoms with Gasteiger partial charge < -0.3 is 4.90 Å². The van der Waals surface area contributed by atoms with E-state index in [2.05, 4.69) is 0 Å². The second-order valence-corrected chi connectivity index (χ2v) is 9.10. The van der Waals surface area contributed by atoms with E-state index in [1.807, 2.05) is 56.3 Å². The highest BCUT2D eigenvalue weighted by molar-refractivity contribution is 8.02. The van der Waals surface area contributed by atoms with Crippen LogP contribution in [0, 0.1) is 19.7 Å². The van der Waals surface area contributed by atoms with Crippen molar-refractivity contribution in [2.45, 2.75) is 25.3 Å². The minimum absolute atomic E-state index is 0.107. The number of hydrogen-bond donors (Lipinski definition) is 0. The molecule has 0 radical (unpaired) electrons. The molecule has 1 spiro atoms. The Morgan fingerprint density at radius 3 is 2.48 bits per heavy atom. The molecule has 31 heavy (non-hydrogen) atoms. The first-order chi connectivity index (χ1) is 14.9. The molecule has 2 heterocycles. The van der Waals surface area contributed by atoms with Crippen molar-refractivity contribution in [3.05, 3.63) is 94.8 Å². The van der Waals surface area contributed by atoms with Gasteiger partial charge >= 0.3 is 0 Å². The van der Waals surface area contributed by atoms with Crippen molar-refractivity contribution in [2.24, 2.45) is 0 Å². The number of amides is 2. The fourth-order valence-electron chi connectivity index (χ4n) is 4.37. The molecule has 1 fully saturated rings. The highest BCUT2D eigenvalue weighted by Gasteiger charge is 2.60. The summed E-state index contributed by atoms with van der Waals surface area (Å²) in [6.07, 6.45) is 0. The first-order valence-corrected chi connectivity index (χ1v) is 11.1. The number of benzene rings is 3. The van der Waals surface area contributed by atoms with Gasteiger partial charge in [0.05, 0.1) is 18.0 Å². The van der Waals surface area contributed by atoms with Crippen LogP contribution in [0.2, 0.25) is 0 Å². The number of anilines is 2. The summed E-state index contributed by atoms with van der Waals surface area (Å²) < 4.78 is 14.4. The van der Waals surface area contributed by atoms with Crippen molar-refractivity contribution in [3.8, 4) is 0 Å². The van der Waals surface area contributed by atoms with Crippen LogP contribution >= 0.6 is 11.8 Å². The summed E-state index contributed by atoms with van der Waals surface area (Å²) in [5.41, 5.74) is 4.80. The fraction of sp³-hybridized carbons (Fsp3) is 0.200. The zero-order valence-electron chi connectivity index (χ0n) is 17.3. The van der Waals surface area contributed by atoms with E-state index in [1.54, 1.807) is 28.0 Å². The predicted octanol–water partition coefficient (Wildman–Crippen LogP) is 4.92. The Morgan fingerprint density at radius 2 is 1.71 bits per heavy atom. The largest absolute Gasteiger partial charge is 0.304 e. The van der Waals surface area contributed by atoms with Gasteiger partial charge in [-0.2, -0.15) is 0 Å². The van der Waals surface area contributed by atoms with Gasteiger partial charge in [-0.1, -0.05) is 42.5 Å². The predicted molar refractivity (Wildman–Crippen MR) is 122 cm³/mol. The lowest BCUT2D eigenvalue weighted by Crippen LogP contribution is -2.49. The molecule has 2 aliphatic rings. The van der Waals surface area contributed by atoms with Crippen molar-refractivity contribution in [3.63, 3.8) is 0 Å². The third kappa shape index (κ3) is 2.89. The van der Waals surface area contributed by atoms with Gasteiger partial charge in [-0.25, -0.2) is 4.39 Å². The third-order valence-electron chi connectivity index (χ3n) is 6.10. The number of carbonyl (C=O) groups is 2. The Morgan fingerprint density at radius 1 is 0.968 bits per heavy atom. The van der Waals surface area contributed by atoms with Gasteiger partial charge in [-0.3, -0.25) is 14.5 Å². The summed E-state index contributed by atoms with van der Waals surface area (Å²) >= 11 is 1.33. The minimum atomic E-state index is -1.18. The molecule has 4 nitrogen and oxygen atoms in total. The van der Waals surface area contributed by atoms with Crippen molar-refractivity contribution < 1.29 is 14.0 Å². The molecule has 5 rings (SSSR count).